The first-order chi connectivity index (χ1) is 15.7. The largest absolute Gasteiger partial charge is 0.477 e. The van der Waals surface area contributed by atoms with E-state index in [1.54, 1.807) is 24.3 Å². The third-order valence-electron chi connectivity index (χ3n) is 5.53. The standard InChI is InChI=1S/C24H19F4NO4/c1-12-8-18-17(16-7-6-14(25)9-19(16)26)10-20(23(30)31)29-22(18)33-21(12)15-5-3-2-4-13(15)11-32-24(27)28/h2-7,9-10,12,21,24H,8,11H2,1H3,(H,30,31)/t12-,21-/m1/s1. The van der Waals surface area contributed by atoms with E-state index < -0.39 is 30.3 Å². The summed E-state index contributed by atoms with van der Waals surface area (Å²) >= 11 is 0. The van der Waals surface area contributed by atoms with E-state index in [1.807, 2.05) is 6.92 Å². The maximum atomic E-state index is 14.6. The highest BCUT2D eigenvalue weighted by atomic mass is 19.3. The Balaban J connectivity index is 1.79. The second kappa shape index (κ2) is 9.19. The van der Waals surface area contributed by atoms with Crippen molar-refractivity contribution in [2.24, 2.45) is 5.92 Å². The fraction of sp³-hybridized carbons (Fsp3) is 0.250. The molecule has 0 radical (unpaired) electrons. The summed E-state index contributed by atoms with van der Waals surface area (Å²) in [7, 11) is 0. The molecule has 0 aliphatic carbocycles. The zero-order valence-corrected chi connectivity index (χ0v) is 17.4. The molecule has 0 amide bonds. The van der Waals surface area contributed by atoms with Crippen LogP contribution in [0.4, 0.5) is 17.6 Å². The number of hydrogen-bond donors (Lipinski definition) is 1. The van der Waals surface area contributed by atoms with Crippen LogP contribution in [0, 0.1) is 17.6 Å². The van der Waals surface area contributed by atoms with Crippen molar-refractivity contribution in [1.82, 2.24) is 4.98 Å². The van der Waals surface area contributed by atoms with Gasteiger partial charge in [-0.25, -0.2) is 18.6 Å². The van der Waals surface area contributed by atoms with E-state index in [-0.39, 0.29) is 35.2 Å². The van der Waals surface area contributed by atoms with Crippen LogP contribution in [-0.2, 0) is 17.8 Å². The van der Waals surface area contributed by atoms with E-state index in [4.69, 9.17) is 4.74 Å². The van der Waals surface area contributed by atoms with Gasteiger partial charge in [0.05, 0.1) is 6.61 Å². The Morgan fingerprint density at radius 1 is 1.18 bits per heavy atom. The number of ether oxygens (including phenoxy) is 2. The van der Waals surface area contributed by atoms with Crippen molar-refractivity contribution in [3.05, 3.63) is 82.5 Å². The highest BCUT2D eigenvalue weighted by molar-refractivity contribution is 5.88. The number of nitrogens with zero attached hydrogens (tertiary/aromatic N) is 1. The van der Waals surface area contributed by atoms with Gasteiger partial charge in [-0.1, -0.05) is 31.2 Å². The molecule has 1 aromatic heterocycles. The van der Waals surface area contributed by atoms with E-state index in [1.165, 1.54) is 12.1 Å². The van der Waals surface area contributed by atoms with Gasteiger partial charge in [0.2, 0.25) is 5.88 Å². The summed E-state index contributed by atoms with van der Waals surface area (Å²) in [4.78, 5) is 15.8. The minimum absolute atomic E-state index is 0.00121. The molecule has 2 aromatic carbocycles. The molecule has 5 nitrogen and oxygen atoms in total. The van der Waals surface area contributed by atoms with Crippen LogP contribution >= 0.6 is 0 Å². The van der Waals surface area contributed by atoms with Gasteiger partial charge >= 0.3 is 12.6 Å². The lowest BCUT2D eigenvalue weighted by Crippen LogP contribution is -2.27. The summed E-state index contributed by atoms with van der Waals surface area (Å²) in [6, 6.07) is 11.1. The van der Waals surface area contributed by atoms with Crippen molar-refractivity contribution in [2.75, 3.05) is 0 Å². The van der Waals surface area contributed by atoms with Gasteiger partial charge < -0.3 is 14.6 Å². The first-order valence-corrected chi connectivity index (χ1v) is 10.1. The lowest BCUT2D eigenvalue weighted by atomic mass is 9.84. The Labute approximate surface area is 186 Å². The molecule has 2 atom stereocenters. The Kier molecular flexibility index (Phi) is 6.33. The Morgan fingerprint density at radius 2 is 1.94 bits per heavy atom. The molecule has 1 N–H and O–H groups in total. The predicted molar refractivity (Wildman–Crippen MR) is 110 cm³/mol. The molecule has 1 aliphatic heterocycles. The molecule has 0 bridgehead atoms. The number of rotatable bonds is 6. The lowest BCUT2D eigenvalue weighted by Gasteiger charge is -2.33. The number of halogens is 4. The van der Waals surface area contributed by atoms with Crippen LogP contribution in [0.1, 0.15) is 40.2 Å². The van der Waals surface area contributed by atoms with Gasteiger partial charge in [-0.3, -0.25) is 0 Å². The summed E-state index contributed by atoms with van der Waals surface area (Å²) in [6.45, 7) is -1.40. The number of benzene rings is 2. The van der Waals surface area contributed by atoms with Crippen molar-refractivity contribution in [1.29, 1.82) is 0 Å². The number of alkyl halides is 2. The van der Waals surface area contributed by atoms with Crippen LogP contribution in [0.2, 0.25) is 0 Å². The quantitative estimate of drug-likeness (QED) is 0.472. The fourth-order valence-corrected chi connectivity index (χ4v) is 4.03. The SMILES string of the molecule is C[C@@H]1Cc2c(-c3ccc(F)cc3F)cc(C(=O)O)nc2O[C@H]1c1ccccc1COC(F)F. The van der Waals surface area contributed by atoms with E-state index >= 15 is 0 Å². The topological polar surface area (TPSA) is 68.7 Å². The number of pyridine rings is 1. The summed E-state index contributed by atoms with van der Waals surface area (Å²) in [5.41, 5.74) is 1.49. The number of carboxylic acid groups (broad SMARTS) is 1. The second-order valence-corrected chi connectivity index (χ2v) is 7.76. The predicted octanol–water partition coefficient (Wildman–Crippen LogP) is 5.78. The van der Waals surface area contributed by atoms with Crippen LogP contribution in [0.3, 0.4) is 0 Å². The van der Waals surface area contributed by atoms with Gasteiger partial charge in [0, 0.05) is 23.1 Å². The average molecular weight is 461 g/mol. The van der Waals surface area contributed by atoms with E-state index in [0.717, 1.165) is 12.1 Å². The van der Waals surface area contributed by atoms with Crippen LogP contribution in [-0.4, -0.2) is 22.7 Å². The molecule has 0 fully saturated rings. The minimum atomic E-state index is -2.93. The number of aromatic nitrogens is 1. The zero-order chi connectivity index (χ0) is 23.7. The second-order valence-electron chi connectivity index (χ2n) is 7.76. The summed E-state index contributed by atoms with van der Waals surface area (Å²) in [5, 5.41) is 9.51. The maximum Gasteiger partial charge on any atom is 0.354 e. The molecule has 0 saturated heterocycles. The average Bonchev–Trinajstić information content (AvgIpc) is 2.77. The fourth-order valence-electron chi connectivity index (χ4n) is 4.03. The monoisotopic (exact) mass is 461 g/mol. The molecule has 172 valence electrons. The molecular formula is C24H19F4NO4. The molecular weight excluding hydrogens is 442 g/mol. The number of fused-ring (bicyclic) bond motifs is 1. The zero-order valence-electron chi connectivity index (χ0n) is 17.4. The van der Waals surface area contributed by atoms with Crippen LogP contribution in [0.25, 0.3) is 11.1 Å². The third kappa shape index (κ3) is 4.68. The van der Waals surface area contributed by atoms with Gasteiger partial charge in [-0.2, -0.15) is 8.78 Å². The molecule has 1 aliphatic rings. The molecule has 0 saturated carbocycles. The van der Waals surface area contributed by atoms with Gasteiger partial charge in [-0.05, 0) is 41.3 Å². The van der Waals surface area contributed by atoms with Crippen molar-refractivity contribution < 1.29 is 36.9 Å². The van der Waals surface area contributed by atoms with E-state index in [0.29, 0.717) is 23.1 Å². The molecule has 0 spiro atoms. The smallest absolute Gasteiger partial charge is 0.354 e. The summed E-state index contributed by atoms with van der Waals surface area (Å²) < 4.78 is 63.7. The maximum absolute atomic E-state index is 14.6. The molecule has 0 unspecified atom stereocenters. The molecule has 3 aromatic rings. The van der Waals surface area contributed by atoms with Gasteiger partial charge in [0.1, 0.15) is 17.7 Å². The molecule has 4 rings (SSSR count). The van der Waals surface area contributed by atoms with Crippen molar-refractivity contribution in [3.8, 4) is 17.0 Å². The third-order valence-corrected chi connectivity index (χ3v) is 5.53. The lowest BCUT2D eigenvalue weighted by molar-refractivity contribution is -0.137. The van der Waals surface area contributed by atoms with Crippen LogP contribution in [0.15, 0.2) is 48.5 Å². The normalized spacial score (nSPS) is 17.5. The van der Waals surface area contributed by atoms with Crippen LogP contribution < -0.4 is 4.74 Å². The van der Waals surface area contributed by atoms with E-state index in [2.05, 4.69) is 9.72 Å². The number of carboxylic acids is 1. The highest BCUT2D eigenvalue weighted by Crippen LogP contribution is 2.43. The number of carbonyl (C=O) groups is 1. The molecule has 2 heterocycles. The molecule has 9 heteroatoms. The number of hydrogen-bond acceptors (Lipinski definition) is 4. The van der Waals surface area contributed by atoms with Crippen molar-refractivity contribution >= 4 is 5.97 Å². The summed E-state index contributed by atoms with van der Waals surface area (Å²) in [5.74, 6) is -3.15. The van der Waals surface area contributed by atoms with Gasteiger partial charge in [0.25, 0.3) is 0 Å². The Bertz CT molecular complexity index is 1200. The first-order valence-electron chi connectivity index (χ1n) is 10.1. The highest BCUT2D eigenvalue weighted by Gasteiger charge is 2.34. The van der Waals surface area contributed by atoms with Gasteiger partial charge in [0.15, 0.2) is 5.69 Å². The molecule has 33 heavy (non-hydrogen) atoms. The van der Waals surface area contributed by atoms with Crippen LogP contribution in [0.5, 0.6) is 5.88 Å². The number of aromatic carboxylic acids is 1. The minimum Gasteiger partial charge on any atom is -0.477 e. The first kappa shape index (κ1) is 22.7. The van der Waals surface area contributed by atoms with Crippen molar-refractivity contribution in [3.63, 3.8) is 0 Å². The Hall–Kier alpha value is -3.46. The summed E-state index contributed by atoms with van der Waals surface area (Å²) in [6.07, 6.45) is -0.291. The van der Waals surface area contributed by atoms with Gasteiger partial charge in [-0.15, -0.1) is 0 Å². The van der Waals surface area contributed by atoms with E-state index in [9.17, 15) is 27.5 Å². The van der Waals surface area contributed by atoms with Crippen molar-refractivity contribution in [2.45, 2.75) is 32.7 Å². The Morgan fingerprint density at radius 3 is 2.64 bits per heavy atom.